The van der Waals surface area contributed by atoms with Crippen LogP contribution in [0.1, 0.15) is 45.7 Å². The normalized spacial score (nSPS) is 13.5. The third-order valence-corrected chi connectivity index (χ3v) is 2.88. The molecule has 0 aliphatic carbocycles. The molecule has 1 amide bonds. The summed E-state index contributed by atoms with van der Waals surface area (Å²) in [6.07, 6.45) is 0.670. The molecule has 0 fully saturated rings. The quantitative estimate of drug-likeness (QED) is 0.697. The summed E-state index contributed by atoms with van der Waals surface area (Å²) in [6.45, 7) is 12.5. The van der Waals surface area contributed by atoms with Crippen LogP contribution in [0, 0.1) is 6.92 Å². The minimum absolute atomic E-state index is 0.248. The van der Waals surface area contributed by atoms with Gasteiger partial charge in [0.1, 0.15) is 5.60 Å². The molecule has 0 unspecified atom stereocenters. The zero-order chi connectivity index (χ0) is 14.6. The van der Waals surface area contributed by atoms with Gasteiger partial charge in [0, 0.05) is 6.54 Å². The van der Waals surface area contributed by atoms with E-state index in [9.17, 15) is 4.79 Å². The highest BCUT2D eigenvalue weighted by Crippen LogP contribution is 2.31. The molecule has 0 spiro atoms. The van der Waals surface area contributed by atoms with E-state index in [0.29, 0.717) is 0 Å². The van der Waals surface area contributed by atoms with E-state index in [0.717, 1.165) is 18.7 Å². The molecule has 0 radical (unpaired) electrons. The number of amides is 1. The molecule has 0 atom stereocenters. The minimum atomic E-state index is -0.441. The Balaban J connectivity index is 0.000000861. The minimum Gasteiger partial charge on any atom is -0.443 e. The number of fused-ring (bicyclic) bond motifs is 1. The zero-order valence-electron chi connectivity index (χ0n) is 12.9. The Kier molecular flexibility index (Phi) is 4.98. The van der Waals surface area contributed by atoms with Crippen LogP contribution >= 0.6 is 0 Å². The summed E-state index contributed by atoms with van der Waals surface area (Å²) in [7, 11) is 0. The van der Waals surface area contributed by atoms with Crippen LogP contribution in [0.5, 0.6) is 0 Å². The van der Waals surface area contributed by atoms with Gasteiger partial charge in [-0.05, 0) is 51.3 Å². The SMILES string of the molecule is CC.Cc1cccc2c1CCN2C(=O)OC(C)(C)C. The molecule has 1 aliphatic heterocycles. The average Bonchev–Trinajstić information content (AvgIpc) is 2.75. The van der Waals surface area contributed by atoms with Gasteiger partial charge in [0.05, 0.1) is 5.69 Å². The second kappa shape index (κ2) is 6.09. The van der Waals surface area contributed by atoms with Crippen LogP contribution in [0.15, 0.2) is 18.2 Å². The van der Waals surface area contributed by atoms with Crippen LogP contribution in [-0.2, 0) is 11.2 Å². The summed E-state index contributed by atoms with van der Waals surface area (Å²) >= 11 is 0. The third kappa shape index (κ3) is 3.72. The van der Waals surface area contributed by atoms with Gasteiger partial charge in [0.2, 0.25) is 0 Å². The second-order valence-electron chi connectivity index (χ2n) is 5.45. The summed E-state index contributed by atoms with van der Waals surface area (Å²) in [6, 6.07) is 6.05. The van der Waals surface area contributed by atoms with Crippen LogP contribution in [0.3, 0.4) is 0 Å². The van der Waals surface area contributed by atoms with Gasteiger partial charge in [-0.1, -0.05) is 26.0 Å². The molecule has 1 aromatic carbocycles. The predicted octanol–water partition coefficient (Wildman–Crippen LogP) is 4.32. The van der Waals surface area contributed by atoms with Crippen LogP contribution in [-0.4, -0.2) is 18.2 Å². The molecule has 106 valence electrons. The predicted molar refractivity (Wildman–Crippen MR) is 79.8 cm³/mol. The number of carbonyl (C=O) groups excluding carboxylic acids is 1. The Morgan fingerprint density at radius 3 is 2.47 bits per heavy atom. The molecule has 3 heteroatoms. The Morgan fingerprint density at radius 2 is 1.89 bits per heavy atom. The Labute approximate surface area is 116 Å². The standard InChI is InChI=1S/C14H19NO2.C2H6/c1-10-6-5-7-12-11(10)8-9-15(12)13(16)17-14(2,3)4;1-2/h5-7H,8-9H2,1-4H3;1-2H3. The highest BCUT2D eigenvalue weighted by Gasteiger charge is 2.29. The fourth-order valence-electron chi connectivity index (χ4n) is 2.12. The molecule has 1 aromatic rings. The van der Waals surface area contributed by atoms with Crippen LogP contribution < -0.4 is 4.90 Å². The first-order valence-corrected chi connectivity index (χ1v) is 6.97. The summed E-state index contributed by atoms with van der Waals surface area (Å²) in [5.74, 6) is 0. The van der Waals surface area contributed by atoms with Gasteiger partial charge in [-0.2, -0.15) is 0 Å². The van der Waals surface area contributed by atoms with Gasteiger partial charge < -0.3 is 4.74 Å². The van der Waals surface area contributed by atoms with Crippen molar-refractivity contribution in [3.63, 3.8) is 0 Å². The maximum absolute atomic E-state index is 12.0. The molecule has 1 aliphatic rings. The summed E-state index contributed by atoms with van der Waals surface area (Å²) in [4.78, 5) is 13.8. The van der Waals surface area contributed by atoms with Crippen molar-refractivity contribution in [2.24, 2.45) is 0 Å². The topological polar surface area (TPSA) is 29.5 Å². The summed E-state index contributed by atoms with van der Waals surface area (Å²) < 4.78 is 5.41. The molecule has 0 aromatic heterocycles. The maximum Gasteiger partial charge on any atom is 0.414 e. The lowest BCUT2D eigenvalue weighted by Crippen LogP contribution is -2.35. The van der Waals surface area contributed by atoms with Crippen molar-refractivity contribution < 1.29 is 9.53 Å². The molecular formula is C16H25NO2. The van der Waals surface area contributed by atoms with Crippen molar-refractivity contribution in [3.05, 3.63) is 29.3 Å². The molecule has 19 heavy (non-hydrogen) atoms. The smallest absolute Gasteiger partial charge is 0.414 e. The highest BCUT2D eigenvalue weighted by atomic mass is 16.6. The van der Waals surface area contributed by atoms with Crippen molar-refractivity contribution in [2.45, 2.75) is 53.6 Å². The number of ether oxygens (including phenoxy) is 1. The van der Waals surface area contributed by atoms with Crippen molar-refractivity contribution in [2.75, 3.05) is 11.4 Å². The number of anilines is 1. The van der Waals surface area contributed by atoms with Gasteiger partial charge in [-0.3, -0.25) is 4.90 Å². The van der Waals surface area contributed by atoms with Crippen LogP contribution in [0.25, 0.3) is 0 Å². The van der Waals surface area contributed by atoms with Gasteiger partial charge in [-0.15, -0.1) is 0 Å². The molecular weight excluding hydrogens is 238 g/mol. The number of aryl methyl sites for hydroxylation is 1. The lowest BCUT2D eigenvalue weighted by molar-refractivity contribution is 0.0584. The summed E-state index contributed by atoms with van der Waals surface area (Å²) in [5, 5.41) is 0. The van der Waals surface area contributed by atoms with E-state index in [-0.39, 0.29) is 6.09 Å². The molecule has 0 N–H and O–H groups in total. The first-order chi connectivity index (χ1) is 8.88. The monoisotopic (exact) mass is 263 g/mol. The van der Waals surface area contributed by atoms with Crippen molar-refractivity contribution in [1.29, 1.82) is 0 Å². The Morgan fingerprint density at radius 1 is 1.26 bits per heavy atom. The third-order valence-electron chi connectivity index (χ3n) is 2.88. The summed E-state index contributed by atoms with van der Waals surface area (Å²) in [5.41, 5.74) is 3.06. The van der Waals surface area contributed by atoms with E-state index in [1.165, 1.54) is 11.1 Å². The molecule has 0 saturated heterocycles. The van der Waals surface area contributed by atoms with Crippen LogP contribution in [0.4, 0.5) is 10.5 Å². The first kappa shape index (κ1) is 15.5. The van der Waals surface area contributed by atoms with Gasteiger partial charge in [0.15, 0.2) is 0 Å². The van der Waals surface area contributed by atoms with Crippen LogP contribution in [0.2, 0.25) is 0 Å². The number of nitrogens with zero attached hydrogens (tertiary/aromatic N) is 1. The number of rotatable bonds is 0. The molecule has 3 nitrogen and oxygen atoms in total. The largest absolute Gasteiger partial charge is 0.443 e. The van der Waals surface area contributed by atoms with Gasteiger partial charge >= 0.3 is 6.09 Å². The fraction of sp³-hybridized carbons (Fsp3) is 0.562. The van der Waals surface area contributed by atoms with Gasteiger partial charge in [0.25, 0.3) is 0 Å². The van der Waals surface area contributed by atoms with E-state index in [1.54, 1.807) is 4.90 Å². The number of hydrogen-bond acceptors (Lipinski definition) is 2. The first-order valence-electron chi connectivity index (χ1n) is 6.97. The van der Waals surface area contributed by atoms with E-state index >= 15 is 0 Å². The van der Waals surface area contributed by atoms with Gasteiger partial charge in [-0.25, -0.2) is 4.79 Å². The zero-order valence-corrected chi connectivity index (χ0v) is 12.9. The lowest BCUT2D eigenvalue weighted by Gasteiger charge is -2.24. The molecule has 2 rings (SSSR count). The van der Waals surface area contributed by atoms with E-state index in [4.69, 9.17) is 4.74 Å². The highest BCUT2D eigenvalue weighted by molar-refractivity contribution is 5.90. The van der Waals surface area contributed by atoms with Crippen molar-refractivity contribution in [3.8, 4) is 0 Å². The molecule has 0 bridgehead atoms. The van der Waals surface area contributed by atoms with E-state index in [2.05, 4.69) is 13.0 Å². The van der Waals surface area contributed by atoms with E-state index < -0.39 is 5.60 Å². The average molecular weight is 263 g/mol. The molecule has 1 heterocycles. The number of carbonyl (C=O) groups is 1. The molecule has 0 saturated carbocycles. The maximum atomic E-state index is 12.0. The Bertz CT molecular complexity index is 447. The second-order valence-corrected chi connectivity index (χ2v) is 5.45. The van der Waals surface area contributed by atoms with E-state index in [1.807, 2.05) is 46.8 Å². The number of benzene rings is 1. The number of hydrogen-bond donors (Lipinski definition) is 0. The lowest BCUT2D eigenvalue weighted by atomic mass is 10.1. The van der Waals surface area contributed by atoms with Crippen molar-refractivity contribution in [1.82, 2.24) is 0 Å². The van der Waals surface area contributed by atoms with Crippen molar-refractivity contribution >= 4 is 11.8 Å². The fourth-order valence-corrected chi connectivity index (χ4v) is 2.12. The Hall–Kier alpha value is -1.51.